The Kier molecular flexibility index (Phi) is 7.10. The summed E-state index contributed by atoms with van der Waals surface area (Å²) in [6.07, 6.45) is 3.73. The van der Waals surface area contributed by atoms with E-state index in [1.165, 1.54) is 18.2 Å². The molecule has 0 unspecified atom stereocenters. The Hall–Kier alpha value is -2.15. The second-order valence-electron chi connectivity index (χ2n) is 7.56. The van der Waals surface area contributed by atoms with Gasteiger partial charge in [0.1, 0.15) is 11.6 Å². The van der Waals surface area contributed by atoms with E-state index >= 15 is 0 Å². The minimum absolute atomic E-state index is 0.0223. The van der Waals surface area contributed by atoms with E-state index in [2.05, 4.69) is 10.7 Å². The SMILES string of the molecule is O=C(COc1ccc(Cl)c(F)c1)N[C@H]1CC[C@H](c2nc(-c3ccc(Cl)cc3)cs2)CC1. The van der Waals surface area contributed by atoms with Gasteiger partial charge in [-0.05, 0) is 49.9 Å². The van der Waals surface area contributed by atoms with E-state index in [9.17, 15) is 9.18 Å². The van der Waals surface area contributed by atoms with Crippen LogP contribution in [0, 0.1) is 5.82 Å². The molecule has 1 heterocycles. The number of carbonyl (C=O) groups is 1. The van der Waals surface area contributed by atoms with Gasteiger partial charge in [0.15, 0.2) is 6.61 Å². The van der Waals surface area contributed by atoms with Crippen LogP contribution in [0.3, 0.4) is 0 Å². The molecule has 31 heavy (non-hydrogen) atoms. The molecule has 2 aromatic carbocycles. The van der Waals surface area contributed by atoms with Gasteiger partial charge in [-0.2, -0.15) is 0 Å². The van der Waals surface area contributed by atoms with Gasteiger partial charge >= 0.3 is 0 Å². The quantitative estimate of drug-likeness (QED) is 0.441. The number of aromatic nitrogens is 1. The standard InChI is InChI=1S/C23H21Cl2FN2O2S/c24-16-5-1-14(2-6-16)21-13-31-23(28-21)15-3-7-17(8-4-15)27-22(29)12-30-18-9-10-19(25)20(26)11-18/h1-2,5-6,9-11,13,15,17H,3-4,7-8,12H2,(H,27,29)/t15-,17-. The summed E-state index contributed by atoms with van der Waals surface area (Å²) in [5.41, 5.74) is 2.04. The van der Waals surface area contributed by atoms with E-state index in [0.717, 1.165) is 41.9 Å². The normalized spacial score (nSPS) is 18.5. The van der Waals surface area contributed by atoms with Crippen LogP contribution in [0.5, 0.6) is 5.75 Å². The van der Waals surface area contributed by atoms with Crippen LogP contribution in [0.25, 0.3) is 11.3 Å². The lowest BCUT2D eigenvalue weighted by Crippen LogP contribution is -2.39. The summed E-state index contributed by atoms with van der Waals surface area (Å²) in [6.45, 7) is -0.155. The van der Waals surface area contributed by atoms with Gasteiger partial charge in [0, 0.05) is 34.0 Å². The average molecular weight is 479 g/mol. The van der Waals surface area contributed by atoms with Gasteiger partial charge < -0.3 is 10.1 Å². The number of thiazole rings is 1. The average Bonchev–Trinajstić information content (AvgIpc) is 3.26. The summed E-state index contributed by atoms with van der Waals surface area (Å²) in [6, 6.07) is 11.9. The third kappa shape index (κ3) is 5.76. The molecule has 0 bridgehead atoms. The Bertz CT molecular complexity index is 1050. The maximum absolute atomic E-state index is 13.4. The Balaban J connectivity index is 1.24. The molecule has 0 atom stereocenters. The summed E-state index contributed by atoms with van der Waals surface area (Å²) >= 11 is 13.3. The highest BCUT2D eigenvalue weighted by Gasteiger charge is 2.25. The van der Waals surface area contributed by atoms with Crippen molar-refractivity contribution < 1.29 is 13.9 Å². The van der Waals surface area contributed by atoms with Crippen molar-refractivity contribution in [2.45, 2.75) is 37.6 Å². The van der Waals surface area contributed by atoms with Gasteiger partial charge in [-0.3, -0.25) is 4.79 Å². The molecule has 3 aromatic rings. The van der Waals surface area contributed by atoms with E-state index < -0.39 is 5.82 Å². The molecular weight excluding hydrogens is 458 g/mol. The van der Waals surface area contributed by atoms with E-state index in [-0.39, 0.29) is 29.3 Å². The second kappa shape index (κ2) is 9.98. The monoisotopic (exact) mass is 478 g/mol. The van der Waals surface area contributed by atoms with Crippen LogP contribution in [0.15, 0.2) is 47.8 Å². The van der Waals surface area contributed by atoms with Gasteiger partial charge in [0.2, 0.25) is 0 Å². The van der Waals surface area contributed by atoms with Crippen molar-refractivity contribution in [3.8, 4) is 17.0 Å². The van der Waals surface area contributed by atoms with E-state index in [1.807, 2.05) is 24.3 Å². The van der Waals surface area contributed by atoms with Crippen molar-refractivity contribution in [1.29, 1.82) is 0 Å². The van der Waals surface area contributed by atoms with Gasteiger partial charge in [-0.15, -0.1) is 11.3 Å². The smallest absolute Gasteiger partial charge is 0.258 e. The van der Waals surface area contributed by atoms with Crippen LogP contribution < -0.4 is 10.1 Å². The van der Waals surface area contributed by atoms with Crippen molar-refractivity contribution in [2.24, 2.45) is 0 Å². The van der Waals surface area contributed by atoms with Crippen molar-refractivity contribution in [3.63, 3.8) is 0 Å². The largest absolute Gasteiger partial charge is 0.484 e. The van der Waals surface area contributed by atoms with E-state index in [4.69, 9.17) is 32.9 Å². The zero-order valence-corrected chi connectivity index (χ0v) is 18.9. The maximum atomic E-state index is 13.4. The lowest BCUT2D eigenvalue weighted by molar-refractivity contribution is -0.124. The predicted octanol–water partition coefficient (Wildman–Crippen LogP) is 6.48. The Labute approximate surface area is 194 Å². The first-order valence-electron chi connectivity index (χ1n) is 10.1. The molecule has 1 saturated carbocycles. The van der Waals surface area contributed by atoms with Crippen molar-refractivity contribution >= 4 is 40.4 Å². The minimum Gasteiger partial charge on any atom is -0.484 e. The molecular formula is C23H21Cl2FN2O2S. The van der Waals surface area contributed by atoms with E-state index in [0.29, 0.717) is 10.9 Å². The molecule has 4 nitrogen and oxygen atoms in total. The summed E-state index contributed by atoms with van der Waals surface area (Å²) in [7, 11) is 0. The van der Waals surface area contributed by atoms with Gasteiger partial charge in [-0.25, -0.2) is 9.37 Å². The third-order valence-electron chi connectivity index (χ3n) is 5.36. The highest BCUT2D eigenvalue weighted by molar-refractivity contribution is 7.10. The second-order valence-corrected chi connectivity index (χ2v) is 9.29. The molecule has 0 aliphatic heterocycles. The first-order valence-corrected chi connectivity index (χ1v) is 11.7. The van der Waals surface area contributed by atoms with Crippen LogP contribution >= 0.6 is 34.5 Å². The van der Waals surface area contributed by atoms with Gasteiger partial charge in [0.25, 0.3) is 5.91 Å². The molecule has 1 amide bonds. The number of amides is 1. The molecule has 1 aliphatic carbocycles. The van der Waals surface area contributed by atoms with Crippen molar-refractivity contribution in [2.75, 3.05) is 6.61 Å². The van der Waals surface area contributed by atoms with Crippen LogP contribution in [-0.2, 0) is 4.79 Å². The first kappa shape index (κ1) is 22.1. The van der Waals surface area contributed by atoms with Crippen LogP contribution in [0.1, 0.15) is 36.6 Å². The highest BCUT2D eigenvalue weighted by Crippen LogP contribution is 2.36. The van der Waals surface area contributed by atoms with Crippen LogP contribution in [0.4, 0.5) is 4.39 Å². The molecule has 0 saturated heterocycles. The fraction of sp³-hybridized carbons (Fsp3) is 0.304. The number of hydrogen-bond acceptors (Lipinski definition) is 4. The summed E-state index contributed by atoms with van der Waals surface area (Å²) in [4.78, 5) is 17.0. The predicted molar refractivity (Wildman–Crippen MR) is 123 cm³/mol. The Morgan fingerprint density at radius 3 is 2.58 bits per heavy atom. The van der Waals surface area contributed by atoms with Gasteiger partial charge in [0.05, 0.1) is 15.7 Å². The number of halogens is 3. The Morgan fingerprint density at radius 1 is 1.13 bits per heavy atom. The number of ether oxygens (including phenoxy) is 1. The third-order valence-corrected chi connectivity index (χ3v) is 6.93. The molecule has 1 aliphatic rings. The molecule has 4 rings (SSSR count). The number of benzene rings is 2. The minimum atomic E-state index is -0.570. The number of hydrogen-bond donors (Lipinski definition) is 1. The van der Waals surface area contributed by atoms with Crippen molar-refractivity contribution in [3.05, 3.63) is 68.7 Å². The molecule has 0 spiro atoms. The van der Waals surface area contributed by atoms with Crippen LogP contribution in [-0.4, -0.2) is 23.5 Å². The summed E-state index contributed by atoms with van der Waals surface area (Å²) < 4.78 is 18.8. The summed E-state index contributed by atoms with van der Waals surface area (Å²) in [5.74, 6) is -0.0918. The highest BCUT2D eigenvalue weighted by atomic mass is 35.5. The number of rotatable bonds is 6. The molecule has 1 fully saturated rings. The maximum Gasteiger partial charge on any atom is 0.258 e. The Morgan fingerprint density at radius 2 is 1.87 bits per heavy atom. The zero-order valence-electron chi connectivity index (χ0n) is 16.6. The molecule has 8 heteroatoms. The first-order chi connectivity index (χ1) is 15.0. The summed E-state index contributed by atoms with van der Waals surface area (Å²) in [5, 5.41) is 6.97. The van der Waals surface area contributed by atoms with Gasteiger partial charge in [-0.1, -0.05) is 35.3 Å². The fourth-order valence-corrected chi connectivity index (χ4v) is 4.94. The lowest BCUT2D eigenvalue weighted by Gasteiger charge is -2.28. The molecule has 0 radical (unpaired) electrons. The lowest BCUT2D eigenvalue weighted by atomic mass is 9.86. The van der Waals surface area contributed by atoms with Crippen molar-refractivity contribution in [1.82, 2.24) is 10.3 Å². The number of nitrogens with zero attached hydrogens (tertiary/aromatic N) is 1. The molecule has 162 valence electrons. The number of carbonyl (C=O) groups excluding carboxylic acids is 1. The topological polar surface area (TPSA) is 51.2 Å². The zero-order chi connectivity index (χ0) is 21.8. The molecule has 1 N–H and O–H groups in total. The molecule has 1 aromatic heterocycles. The fourth-order valence-electron chi connectivity index (χ4n) is 3.70. The van der Waals surface area contributed by atoms with E-state index in [1.54, 1.807) is 11.3 Å². The number of nitrogens with one attached hydrogen (secondary N) is 1. The van der Waals surface area contributed by atoms with Crippen LogP contribution in [0.2, 0.25) is 10.0 Å².